The molecule has 0 saturated carbocycles. The average Bonchev–Trinajstić information content (AvgIpc) is 2.16. The van der Waals surface area contributed by atoms with E-state index in [-0.39, 0.29) is 6.67 Å². The fraction of sp³-hybridized carbons (Fsp3) is 0.364. The molecule has 0 radical (unpaired) electrons. The van der Waals surface area contributed by atoms with E-state index in [0.29, 0.717) is 12.8 Å². The van der Waals surface area contributed by atoms with Crippen LogP contribution in [0.2, 0.25) is 0 Å². The summed E-state index contributed by atoms with van der Waals surface area (Å²) in [7, 11) is 0. The van der Waals surface area contributed by atoms with Gasteiger partial charge in [-0.05, 0) is 17.5 Å². The molecule has 0 fully saturated rings. The van der Waals surface area contributed by atoms with E-state index in [2.05, 4.69) is 0 Å². The average molecular weight is 180 g/mol. The fourth-order valence-electron chi connectivity index (χ4n) is 1.28. The van der Waals surface area contributed by atoms with Gasteiger partial charge >= 0.3 is 0 Å². The molecule has 0 heterocycles. The minimum absolute atomic E-state index is 0.322. The van der Waals surface area contributed by atoms with Gasteiger partial charge in [-0.25, -0.2) is 0 Å². The molecule has 0 aliphatic rings. The third kappa shape index (κ3) is 3.36. The highest BCUT2D eigenvalue weighted by Gasteiger charge is 1.95. The molecule has 0 aliphatic carbocycles. The van der Waals surface area contributed by atoms with Crippen molar-refractivity contribution in [3.63, 3.8) is 0 Å². The second-order valence-electron chi connectivity index (χ2n) is 2.96. The molecule has 1 aromatic carbocycles. The normalized spacial score (nSPS) is 9.92. The van der Waals surface area contributed by atoms with E-state index in [4.69, 9.17) is 0 Å². The number of aryl methyl sites for hydroxylation is 2. The molecule has 1 aromatic rings. The first-order valence-electron chi connectivity index (χ1n) is 4.44. The predicted molar refractivity (Wildman–Crippen MR) is 50.5 cm³/mol. The molecule has 0 amide bonds. The van der Waals surface area contributed by atoms with Gasteiger partial charge in [-0.2, -0.15) is 0 Å². The van der Waals surface area contributed by atoms with Crippen molar-refractivity contribution in [1.29, 1.82) is 0 Å². The predicted octanol–water partition coefficient (Wildman–Crippen LogP) is 2.33. The lowest BCUT2D eigenvalue weighted by Gasteiger charge is -2.01. The van der Waals surface area contributed by atoms with Crippen LogP contribution in [0.3, 0.4) is 0 Å². The summed E-state index contributed by atoms with van der Waals surface area (Å²) in [4.78, 5) is 10.1. The number of aldehydes is 1. The molecule has 0 aromatic heterocycles. The topological polar surface area (TPSA) is 17.1 Å². The zero-order chi connectivity index (χ0) is 9.52. The number of hydrogen-bond donors (Lipinski definition) is 0. The standard InChI is InChI=1S/C11H13FO/c12-7-6-11-4-1-3-10(9-11)5-2-8-13/h1,3-4,8-9H,2,5-7H2. The second-order valence-corrected chi connectivity index (χ2v) is 2.96. The highest BCUT2D eigenvalue weighted by Crippen LogP contribution is 2.07. The number of carbonyl (C=O) groups excluding carboxylic acids is 1. The van der Waals surface area contributed by atoms with E-state index < -0.39 is 0 Å². The van der Waals surface area contributed by atoms with E-state index in [1.54, 1.807) is 0 Å². The first-order chi connectivity index (χ1) is 6.36. The van der Waals surface area contributed by atoms with Crippen LogP contribution in [-0.2, 0) is 17.6 Å². The van der Waals surface area contributed by atoms with Crippen LogP contribution in [0.5, 0.6) is 0 Å². The van der Waals surface area contributed by atoms with Gasteiger partial charge in [0.1, 0.15) is 6.29 Å². The van der Waals surface area contributed by atoms with Crippen molar-refractivity contribution in [3.05, 3.63) is 35.4 Å². The molecule has 2 heteroatoms. The van der Waals surface area contributed by atoms with Gasteiger partial charge in [0.15, 0.2) is 0 Å². The van der Waals surface area contributed by atoms with E-state index in [1.165, 1.54) is 0 Å². The van der Waals surface area contributed by atoms with Gasteiger partial charge in [-0.15, -0.1) is 0 Å². The third-order valence-corrected chi connectivity index (χ3v) is 1.93. The highest BCUT2D eigenvalue weighted by atomic mass is 19.1. The summed E-state index contributed by atoms with van der Waals surface area (Å²) >= 11 is 0. The molecular weight excluding hydrogens is 167 g/mol. The first-order valence-corrected chi connectivity index (χ1v) is 4.44. The van der Waals surface area contributed by atoms with Crippen LogP contribution in [0.1, 0.15) is 17.5 Å². The van der Waals surface area contributed by atoms with E-state index in [1.807, 2.05) is 24.3 Å². The zero-order valence-corrected chi connectivity index (χ0v) is 7.50. The maximum absolute atomic E-state index is 12.0. The van der Waals surface area contributed by atoms with Crippen LogP contribution in [0, 0.1) is 0 Å². The molecule has 0 atom stereocenters. The van der Waals surface area contributed by atoms with Gasteiger partial charge in [0, 0.05) is 12.8 Å². The number of alkyl halides is 1. The number of hydrogen-bond acceptors (Lipinski definition) is 1. The Hall–Kier alpha value is -1.18. The van der Waals surface area contributed by atoms with Crippen molar-refractivity contribution in [2.24, 2.45) is 0 Å². The third-order valence-electron chi connectivity index (χ3n) is 1.93. The van der Waals surface area contributed by atoms with Crippen LogP contribution in [0.15, 0.2) is 24.3 Å². The monoisotopic (exact) mass is 180 g/mol. The van der Waals surface area contributed by atoms with Crippen molar-refractivity contribution in [1.82, 2.24) is 0 Å². The SMILES string of the molecule is O=CCCc1cccc(CCF)c1. The molecular formula is C11H13FO. The molecule has 0 N–H and O–H groups in total. The Kier molecular flexibility index (Phi) is 4.16. The Morgan fingerprint density at radius 2 is 1.92 bits per heavy atom. The summed E-state index contributed by atoms with van der Waals surface area (Å²) in [5.74, 6) is 0. The molecule has 0 spiro atoms. The molecule has 0 unspecified atom stereocenters. The van der Waals surface area contributed by atoms with Gasteiger partial charge in [0.05, 0.1) is 6.67 Å². The fourth-order valence-corrected chi connectivity index (χ4v) is 1.28. The summed E-state index contributed by atoms with van der Waals surface area (Å²) in [6.45, 7) is -0.322. The number of carbonyl (C=O) groups is 1. The molecule has 0 bridgehead atoms. The summed E-state index contributed by atoms with van der Waals surface area (Å²) in [5, 5.41) is 0. The Morgan fingerprint density at radius 1 is 1.23 bits per heavy atom. The van der Waals surface area contributed by atoms with Crippen molar-refractivity contribution < 1.29 is 9.18 Å². The molecule has 0 aliphatic heterocycles. The van der Waals surface area contributed by atoms with Crippen LogP contribution in [0.4, 0.5) is 4.39 Å². The molecule has 1 rings (SSSR count). The Labute approximate surface area is 77.6 Å². The van der Waals surface area contributed by atoms with Gasteiger partial charge in [0.25, 0.3) is 0 Å². The lowest BCUT2D eigenvalue weighted by molar-refractivity contribution is -0.107. The molecule has 0 saturated heterocycles. The lowest BCUT2D eigenvalue weighted by atomic mass is 10.1. The number of benzene rings is 1. The van der Waals surface area contributed by atoms with Crippen LogP contribution in [-0.4, -0.2) is 13.0 Å². The number of rotatable bonds is 5. The van der Waals surface area contributed by atoms with Gasteiger partial charge in [-0.1, -0.05) is 24.3 Å². The van der Waals surface area contributed by atoms with Crippen LogP contribution in [0.25, 0.3) is 0 Å². The minimum Gasteiger partial charge on any atom is -0.303 e. The summed E-state index contributed by atoms with van der Waals surface area (Å²) in [6.07, 6.45) is 2.67. The minimum atomic E-state index is -0.322. The van der Waals surface area contributed by atoms with E-state index >= 15 is 0 Å². The molecule has 70 valence electrons. The van der Waals surface area contributed by atoms with Crippen molar-refractivity contribution >= 4 is 6.29 Å². The molecule has 1 nitrogen and oxygen atoms in total. The van der Waals surface area contributed by atoms with Gasteiger partial charge in [0.2, 0.25) is 0 Å². The largest absolute Gasteiger partial charge is 0.303 e. The molecule has 13 heavy (non-hydrogen) atoms. The highest BCUT2D eigenvalue weighted by molar-refractivity contribution is 5.50. The van der Waals surface area contributed by atoms with Gasteiger partial charge in [-0.3, -0.25) is 4.39 Å². The maximum atomic E-state index is 12.0. The first kappa shape index (κ1) is 9.90. The maximum Gasteiger partial charge on any atom is 0.120 e. The Balaban J connectivity index is 2.61. The second kappa shape index (κ2) is 5.46. The summed E-state index contributed by atoms with van der Waals surface area (Å²) < 4.78 is 12.0. The smallest absolute Gasteiger partial charge is 0.120 e. The Bertz CT molecular complexity index is 271. The zero-order valence-electron chi connectivity index (χ0n) is 7.50. The quantitative estimate of drug-likeness (QED) is 0.635. The summed E-state index contributed by atoms with van der Waals surface area (Å²) in [6, 6.07) is 7.74. The summed E-state index contributed by atoms with van der Waals surface area (Å²) in [5.41, 5.74) is 2.11. The van der Waals surface area contributed by atoms with Crippen LogP contribution >= 0.6 is 0 Å². The Morgan fingerprint density at radius 3 is 2.54 bits per heavy atom. The van der Waals surface area contributed by atoms with Crippen molar-refractivity contribution in [2.75, 3.05) is 6.67 Å². The van der Waals surface area contributed by atoms with Crippen molar-refractivity contribution in [3.8, 4) is 0 Å². The van der Waals surface area contributed by atoms with Crippen LogP contribution < -0.4 is 0 Å². The van der Waals surface area contributed by atoms with E-state index in [9.17, 15) is 9.18 Å². The van der Waals surface area contributed by atoms with Crippen molar-refractivity contribution in [2.45, 2.75) is 19.3 Å². The van der Waals surface area contributed by atoms with E-state index in [0.717, 1.165) is 23.8 Å². The lowest BCUT2D eigenvalue weighted by Crippen LogP contribution is -1.91. The van der Waals surface area contributed by atoms with Gasteiger partial charge < -0.3 is 4.79 Å². The number of halogens is 1.